The van der Waals surface area contributed by atoms with Crippen molar-refractivity contribution >= 4 is 23.4 Å². The second-order valence-electron chi connectivity index (χ2n) is 8.08. The van der Waals surface area contributed by atoms with Gasteiger partial charge >= 0.3 is 0 Å². The maximum absolute atomic E-state index is 13.4. The highest BCUT2D eigenvalue weighted by Gasteiger charge is 2.30. The smallest absolute Gasteiger partial charge is 0.261 e. The van der Waals surface area contributed by atoms with E-state index in [1.165, 1.54) is 0 Å². The molecule has 172 valence electrons. The van der Waals surface area contributed by atoms with Gasteiger partial charge in [0.15, 0.2) is 6.61 Å². The maximum Gasteiger partial charge on any atom is 0.261 e. The van der Waals surface area contributed by atoms with Crippen molar-refractivity contribution < 1.29 is 14.3 Å². The lowest BCUT2D eigenvalue weighted by molar-refractivity contribution is -0.142. The highest BCUT2D eigenvalue weighted by Crippen LogP contribution is 2.19. The lowest BCUT2D eigenvalue weighted by atomic mass is 10.0. The molecule has 0 spiro atoms. The molecule has 0 aliphatic carbocycles. The van der Waals surface area contributed by atoms with Gasteiger partial charge in [-0.3, -0.25) is 9.59 Å². The third-order valence-electron chi connectivity index (χ3n) is 5.32. The van der Waals surface area contributed by atoms with E-state index in [2.05, 4.69) is 5.32 Å². The first-order valence-corrected chi connectivity index (χ1v) is 11.2. The molecule has 0 heterocycles. The van der Waals surface area contributed by atoms with E-state index in [0.29, 0.717) is 17.2 Å². The molecule has 3 aromatic carbocycles. The molecule has 0 radical (unpaired) electrons. The number of carbonyl (C=O) groups excluding carboxylic acids is 2. The Kier molecular flexibility index (Phi) is 8.50. The molecular weight excluding hydrogens is 436 g/mol. The third kappa shape index (κ3) is 7.09. The van der Waals surface area contributed by atoms with Gasteiger partial charge in [0.2, 0.25) is 5.91 Å². The molecule has 6 heteroatoms. The minimum atomic E-state index is -0.702. The Bertz CT molecular complexity index is 1080. The van der Waals surface area contributed by atoms with E-state index in [1.807, 2.05) is 74.5 Å². The van der Waals surface area contributed by atoms with Crippen LogP contribution in [0.25, 0.3) is 0 Å². The van der Waals surface area contributed by atoms with Gasteiger partial charge in [-0.05, 0) is 60.4 Å². The van der Waals surface area contributed by atoms with Crippen LogP contribution in [0.3, 0.4) is 0 Å². The SMILES string of the molecule is CNC(=O)[C@H](Cc1ccccc1)N(Cc1cccc(Cl)c1)C(=O)COc1cc(C)cc(C)c1. The van der Waals surface area contributed by atoms with Gasteiger partial charge in [-0.1, -0.05) is 60.1 Å². The van der Waals surface area contributed by atoms with Crippen LogP contribution < -0.4 is 10.1 Å². The second kappa shape index (κ2) is 11.5. The predicted molar refractivity (Wildman–Crippen MR) is 131 cm³/mol. The van der Waals surface area contributed by atoms with Crippen LogP contribution in [0.2, 0.25) is 5.02 Å². The van der Waals surface area contributed by atoms with Crippen LogP contribution in [0, 0.1) is 13.8 Å². The first kappa shape index (κ1) is 24.3. The van der Waals surface area contributed by atoms with E-state index in [9.17, 15) is 9.59 Å². The van der Waals surface area contributed by atoms with Gasteiger partial charge in [-0.25, -0.2) is 0 Å². The van der Waals surface area contributed by atoms with Crippen molar-refractivity contribution in [1.29, 1.82) is 0 Å². The monoisotopic (exact) mass is 464 g/mol. The molecule has 0 saturated carbocycles. The van der Waals surface area contributed by atoms with Gasteiger partial charge < -0.3 is 15.0 Å². The van der Waals surface area contributed by atoms with Crippen molar-refractivity contribution in [2.24, 2.45) is 0 Å². The number of rotatable bonds is 9. The standard InChI is InChI=1S/C27H29ClN2O3/c1-19-12-20(2)14-24(13-19)33-18-26(31)30(17-22-10-7-11-23(28)15-22)25(27(32)29-3)16-21-8-5-4-6-9-21/h4-15,25H,16-18H2,1-3H3,(H,29,32)/t25-/m0/s1. The lowest BCUT2D eigenvalue weighted by Crippen LogP contribution is -2.51. The van der Waals surface area contributed by atoms with E-state index >= 15 is 0 Å². The molecule has 5 nitrogen and oxygen atoms in total. The minimum absolute atomic E-state index is 0.175. The van der Waals surface area contributed by atoms with E-state index < -0.39 is 6.04 Å². The molecule has 0 aliphatic rings. The topological polar surface area (TPSA) is 58.6 Å². The van der Waals surface area contributed by atoms with Crippen LogP contribution in [0.15, 0.2) is 72.8 Å². The van der Waals surface area contributed by atoms with Crippen molar-refractivity contribution in [1.82, 2.24) is 10.2 Å². The molecule has 33 heavy (non-hydrogen) atoms. The van der Waals surface area contributed by atoms with Crippen LogP contribution in [0.5, 0.6) is 5.75 Å². The summed E-state index contributed by atoms with van der Waals surface area (Å²) in [5.41, 5.74) is 3.91. The average Bonchev–Trinajstić information content (AvgIpc) is 2.79. The zero-order chi connectivity index (χ0) is 23.8. The van der Waals surface area contributed by atoms with E-state index in [0.717, 1.165) is 22.3 Å². The molecule has 2 amide bonds. The van der Waals surface area contributed by atoms with Crippen molar-refractivity contribution in [3.63, 3.8) is 0 Å². The number of hydrogen-bond acceptors (Lipinski definition) is 3. The van der Waals surface area contributed by atoms with Crippen LogP contribution in [-0.2, 0) is 22.6 Å². The van der Waals surface area contributed by atoms with Gasteiger partial charge in [-0.2, -0.15) is 0 Å². The van der Waals surface area contributed by atoms with Crippen LogP contribution in [0.4, 0.5) is 0 Å². The number of benzene rings is 3. The fraction of sp³-hybridized carbons (Fsp3) is 0.259. The highest BCUT2D eigenvalue weighted by molar-refractivity contribution is 6.30. The zero-order valence-electron chi connectivity index (χ0n) is 19.2. The van der Waals surface area contributed by atoms with E-state index in [1.54, 1.807) is 24.1 Å². The third-order valence-corrected chi connectivity index (χ3v) is 5.55. The first-order valence-electron chi connectivity index (χ1n) is 10.9. The molecule has 3 aromatic rings. The molecule has 3 rings (SSSR count). The van der Waals surface area contributed by atoms with Gasteiger partial charge in [-0.15, -0.1) is 0 Å². The Morgan fingerprint density at radius 3 is 2.24 bits per heavy atom. The van der Waals surface area contributed by atoms with Gasteiger partial charge in [0, 0.05) is 25.0 Å². The largest absolute Gasteiger partial charge is 0.484 e. The molecular formula is C27H29ClN2O3. The molecule has 0 aliphatic heterocycles. The van der Waals surface area contributed by atoms with Crippen LogP contribution in [-0.4, -0.2) is 36.4 Å². The number of nitrogens with one attached hydrogen (secondary N) is 1. The number of ether oxygens (including phenoxy) is 1. The number of carbonyl (C=O) groups is 2. The molecule has 0 bridgehead atoms. The summed E-state index contributed by atoms with van der Waals surface area (Å²) in [7, 11) is 1.58. The summed E-state index contributed by atoms with van der Waals surface area (Å²) in [6, 6.07) is 22.1. The Morgan fingerprint density at radius 2 is 1.61 bits per heavy atom. The Balaban J connectivity index is 1.88. The number of hydrogen-bond donors (Lipinski definition) is 1. The van der Waals surface area contributed by atoms with Crippen molar-refractivity contribution in [2.75, 3.05) is 13.7 Å². The summed E-state index contributed by atoms with van der Waals surface area (Å²) in [6.45, 7) is 4.02. The average molecular weight is 465 g/mol. The van der Waals surface area contributed by atoms with Crippen molar-refractivity contribution in [3.05, 3.63) is 100 Å². The summed E-state index contributed by atoms with van der Waals surface area (Å²) in [5, 5.41) is 3.28. The molecule has 0 aromatic heterocycles. The Morgan fingerprint density at radius 1 is 0.939 bits per heavy atom. The van der Waals surface area contributed by atoms with E-state index in [-0.39, 0.29) is 25.0 Å². The summed E-state index contributed by atoms with van der Waals surface area (Å²) in [6.07, 6.45) is 0.385. The highest BCUT2D eigenvalue weighted by atomic mass is 35.5. The van der Waals surface area contributed by atoms with E-state index in [4.69, 9.17) is 16.3 Å². The Hall–Kier alpha value is -3.31. The predicted octanol–water partition coefficient (Wildman–Crippen LogP) is 4.72. The number of halogens is 1. The lowest BCUT2D eigenvalue weighted by Gasteiger charge is -2.31. The Labute approximate surface area is 200 Å². The minimum Gasteiger partial charge on any atom is -0.484 e. The van der Waals surface area contributed by atoms with Crippen molar-refractivity contribution in [3.8, 4) is 5.75 Å². The zero-order valence-corrected chi connectivity index (χ0v) is 19.9. The number of likely N-dealkylation sites (N-methyl/N-ethyl adjacent to an activating group) is 1. The van der Waals surface area contributed by atoms with Crippen LogP contribution in [0.1, 0.15) is 22.3 Å². The maximum atomic E-state index is 13.4. The number of nitrogens with zero attached hydrogens (tertiary/aromatic N) is 1. The molecule has 0 fully saturated rings. The summed E-state index contributed by atoms with van der Waals surface area (Å²) >= 11 is 6.17. The molecule has 1 N–H and O–H groups in total. The quantitative estimate of drug-likeness (QED) is 0.498. The summed E-state index contributed by atoms with van der Waals surface area (Å²) in [4.78, 5) is 27.9. The van der Waals surface area contributed by atoms with Gasteiger partial charge in [0.05, 0.1) is 0 Å². The molecule has 1 atom stereocenters. The summed E-state index contributed by atoms with van der Waals surface area (Å²) < 4.78 is 5.84. The number of amides is 2. The fourth-order valence-corrected chi connectivity index (χ4v) is 4.01. The summed E-state index contributed by atoms with van der Waals surface area (Å²) in [5.74, 6) is 0.113. The second-order valence-corrected chi connectivity index (χ2v) is 8.52. The van der Waals surface area contributed by atoms with Gasteiger partial charge in [0.1, 0.15) is 11.8 Å². The van der Waals surface area contributed by atoms with Crippen LogP contribution >= 0.6 is 11.6 Å². The fourth-order valence-electron chi connectivity index (χ4n) is 3.80. The molecule has 0 saturated heterocycles. The van der Waals surface area contributed by atoms with Gasteiger partial charge in [0.25, 0.3) is 5.91 Å². The molecule has 0 unspecified atom stereocenters. The first-order chi connectivity index (χ1) is 15.9. The van der Waals surface area contributed by atoms with Crippen molar-refractivity contribution in [2.45, 2.75) is 32.9 Å². The normalized spacial score (nSPS) is 11.5. The number of aryl methyl sites for hydroxylation is 2.